The minimum atomic E-state index is 0.263. The van der Waals surface area contributed by atoms with E-state index in [0.29, 0.717) is 0 Å². The molecular formula is C12H21NO. The van der Waals surface area contributed by atoms with Crippen LogP contribution in [0.15, 0.2) is 24.3 Å². The lowest BCUT2D eigenvalue weighted by Gasteiger charge is -2.20. The lowest BCUT2D eigenvalue weighted by molar-refractivity contribution is 0.0592. The smallest absolute Gasteiger partial charge is 0.0883 e. The predicted octanol–water partition coefficient (Wildman–Crippen LogP) is 2.28. The highest BCUT2D eigenvalue weighted by atomic mass is 16.5. The molecule has 1 aliphatic rings. The van der Waals surface area contributed by atoms with Crippen LogP contribution in [-0.2, 0) is 4.74 Å². The highest BCUT2D eigenvalue weighted by Crippen LogP contribution is 1.99. The van der Waals surface area contributed by atoms with Crippen LogP contribution in [0.5, 0.6) is 0 Å². The number of hydrogen-bond acceptors (Lipinski definition) is 2. The Morgan fingerprint density at radius 2 is 2.36 bits per heavy atom. The quantitative estimate of drug-likeness (QED) is 0.537. The fraction of sp³-hybridized carbons (Fsp3) is 0.667. The van der Waals surface area contributed by atoms with Gasteiger partial charge in [-0.3, -0.25) is 0 Å². The first-order chi connectivity index (χ1) is 6.93. The second kappa shape index (κ2) is 7.77. The van der Waals surface area contributed by atoms with Crippen molar-refractivity contribution >= 4 is 0 Å². The maximum absolute atomic E-state index is 5.52. The summed E-state index contributed by atoms with van der Waals surface area (Å²) in [6.45, 7) is 4.97. The molecule has 2 heteroatoms. The maximum atomic E-state index is 5.52. The van der Waals surface area contributed by atoms with Gasteiger partial charge in [-0.15, -0.1) is 0 Å². The van der Waals surface area contributed by atoms with E-state index >= 15 is 0 Å². The Labute approximate surface area is 87.0 Å². The van der Waals surface area contributed by atoms with Gasteiger partial charge in [-0.2, -0.15) is 0 Å². The number of nitrogens with one attached hydrogen (secondary N) is 1. The van der Waals surface area contributed by atoms with Gasteiger partial charge >= 0.3 is 0 Å². The van der Waals surface area contributed by atoms with Gasteiger partial charge in [-0.25, -0.2) is 0 Å². The fourth-order valence-corrected chi connectivity index (χ4v) is 1.39. The van der Waals surface area contributed by atoms with Gasteiger partial charge in [-0.05, 0) is 6.42 Å². The van der Waals surface area contributed by atoms with Crippen molar-refractivity contribution in [2.24, 2.45) is 0 Å². The monoisotopic (exact) mass is 195 g/mol. The summed E-state index contributed by atoms with van der Waals surface area (Å²) in [4.78, 5) is 0. The molecule has 0 radical (unpaired) electrons. The van der Waals surface area contributed by atoms with Gasteiger partial charge in [0, 0.05) is 13.1 Å². The Balaban J connectivity index is 2.09. The minimum absolute atomic E-state index is 0.263. The lowest BCUT2D eigenvalue weighted by atomic mass is 10.2. The third-order valence-electron chi connectivity index (χ3n) is 2.25. The van der Waals surface area contributed by atoms with Crippen molar-refractivity contribution in [1.29, 1.82) is 0 Å². The van der Waals surface area contributed by atoms with Crippen LogP contribution in [0, 0.1) is 0 Å². The Morgan fingerprint density at radius 1 is 1.43 bits per heavy atom. The zero-order chi connectivity index (χ0) is 10.1. The first-order valence-electron chi connectivity index (χ1n) is 5.59. The molecule has 1 rings (SSSR count). The van der Waals surface area contributed by atoms with Gasteiger partial charge in [0.05, 0.1) is 12.7 Å². The SMILES string of the molecule is CCCCC=CC=CC1CNCCO1. The van der Waals surface area contributed by atoms with Crippen molar-refractivity contribution in [3.63, 3.8) is 0 Å². The molecule has 80 valence electrons. The van der Waals surface area contributed by atoms with E-state index in [1.54, 1.807) is 0 Å². The molecule has 0 aromatic rings. The maximum Gasteiger partial charge on any atom is 0.0883 e. The number of allylic oxidation sites excluding steroid dienone is 3. The van der Waals surface area contributed by atoms with Gasteiger partial charge in [0.25, 0.3) is 0 Å². The van der Waals surface area contributed by atoms with Crippen LogP contribution in [0.1, 0.15) is 26.2 Å². The highest BCUT2D eigenvalue weighted by molar-refractivity contribution is 5.05. The van der Waals surface area contributed by atoms with Crippen LogP contribution >= 0.6 is 0 Å². The number of hydrogen-bond donors (Lipinski definition) is 1. The molecule has 0 saturated carbocycles. The van der Waals surface area contributed by atoms with Crippen LogP contribution < -0.4 is 5.32 Å². The van der Waals surface area contributed by atoms with E-state index in [1.807, 2.05) is 0 Å². The van der Waals surface area contributed by atoms with Crippen molar-refractivity contribution in [1.82, 2.24) is 5.32 Å². The normalized spacial score (nSPS) is 23.6. The highest BCUT2D eigenvalue weighted by Gasteiger charge is 2.07. The number of unbranched alkanes of at least 4 members (excludes halogenated alkanes) is 2. The Hall–Kier alpha value is -0.600. The second-order valence-electron chi connectivity index (χ2n) is 3.57. The van der Waals surface area contributed by atoms with E-state index in [9.17, 15) is 0 Å². The van der Waals surface area contributed by atoms with Crippen molar-refractivity contribution in [3.8, 4) is 0 Å². The molecule has 14 heavy (non-hydrogen) atoms. The standard InChI is InChI=1S/C12H21NO/c1-2-3-4-5-6-7-8-12-11-13-9-10-14-12/h5-8,12-13H,2-4,9-11H2,1H3. The molecule has 0 bridgehead atoms. The van der Waals surface area contributed by atoms with Crippen molar-refractivity contribution in [2.75, 3.05) is 19.7 Å². The van der Waals surface area contributed by atoms with Gasteiger partial charge in [0.15, 0.2) is 0 Å². The Kier molecular flexibility index (Phi) is 6.37. The Morgan fingerprint density at radius 3 is 3.07 bits per heavy atom. The molecule has 1 unspecified atom stereocenters. The predicted molar refractivity (Wildman–Crippen MR) is 60.4 cm³/mol. The van der Waals surface area contributed by atoms with Gasteiger partial charge in [0.2, 0.25) is 0 Å². The molecule has 1 fully saturated rings. The molecule has 0 aromatic heterocycles. The fourth-order valence-electron chi connectivity index (χ4n) is 1.39. The number of morpholine rings is 1. The molecule has 1 N–H and O–H groups in total. The summed E-state index contributed by atoms with van der Waals surface area (Å²) in [5, 5.41) is 3.30. The molecule has 0 aliphatic carbocycles. The average Bonchev–Trinajstić information content (AvgIpc) is 2.25. The molecule has 2 nitrogen and oxygen atoms in total. The van der Waals surface area contributed by atoms with E-state index in [0.717, 1.165) is 19.7 Å². The van der Waals surface area contributed by atoms with E-state index in [-0.39, 0.29) is 6.10 Å². The average molecular weight is 195 g/mol. The molecule has 1 heterocycles. The van der Waals surface area contributed by atoms with E-state index in [1.165, 1.54) is 19.3 Å². The zero-order valence-electron chi connectivity index (χ0n) is 9.04. The summed E-state index contributed by atoms with van der Waals surface area (Å²) >= 11 is 0. The number of rotatable bonds is 5. The summed E-state index contributed by atoms with van der Waals surface area (Å²) in [5.41, 5.74) is 0. The summed E-state index contributed by atoms with van der Waals surface area (Å²) in [6, 6.07) is 0. The molecule has 1 saturated heterocycles. The van der Waals surface area contributed by atoms with Crippen LogP contribution in [0.3, 0.4) is 0 Å². The topological polar surface area (TPSA) is 21.3 Å². The van der Waals surface area contributed by atoms with Crippen molar-refractivity contribution in [3.05, 3.63) is 24.3 Å². The van der Waals surface area contributed by atoms with E-state index in [4.69, 9.17) is 4.74 Å². The van der Waals surface area contributed by atoms with E-state index in [2.05, 4.69) is 36.5 Å². The summed E-state index contributed by atoms with van der Waals surface area (Å²) in [5.74, 6) is 0. The summed E-state index contributed by atoms with van der Waals surface area (Å²) in [7, 11) is 0. The first-order valence-corrected chi connectivity index (χ1v) is 5.59. The van der Waals surface area contributed by atoms with Crippen molar-refractivity contribution in [2.45, 2.75) is 32.3 Å². The second-order valence-corrected chi connectivity index (χ2v) is 3.57. The zero-order valence-corrected chi connectivity index (χ0v) is 9.04. The number of ether oxygens (including phenoxy) is 1. The minimum Gasteiger partial charge on any atom is -0.371 e. The third kappa shape index (κ3) is 5.20. The van der Waals surface area contributed by atoms with Crippen LogP contribution in [-0.4, -0.2) is 25.8 Å². The first kappa shape index (κ1) is 11.5. The Bertz CT molecular complexity index is 181. The molecular weight excluding hydrogens is 174 g/mol. The molecule has 0 spiro atoms. The van der Waals surface area contributed by atoms with Crippen molar-refractivity contribution < 1.29 is 4.74 Å². The molecule has 1 atom stereocenters. The van der Waals surface area contributed by atoms with Gasteiger partial charge in [0.1, 0.15) is 0 Å². The molecule has 0 amide bonds. The third-order valence-corrected chi connectivity index (χ3v) is 2.25. The molecule has 1 aliphatic heterocycles. The summed E-state index contributed by atoms with van der Waals surface area (Å²) in [6.07, 6.45) is 12.5. The molecule has 0 aromatic carbocycles. The van der Waals surface area contributed by atoms with Gasteiger partial charge < -0.3 is 10.1 Å². The van der Waals surface area contributed by atoms with E-state index < -0.39 is 0 Å². The van der Waals surface area contributed by atoms with Crippen LogP contribution in [0.4, 0.5) is 0 Å². The largest absolute Gasteiger partial charge is 0.371 e. The van der Waals surface area contributed by atoms with Crippen LogP contribution in [0.2, 0.25) is 0 Å². The van der Waals surface area contributed by atoms with Crippen LogP contribution in [0.25, 0.3) is 0 Å². The lowest BCUT2D eigenvalue weighted by Crippen LogP contribution is -2.37. The summed E-state index contributed by atoms with van der Waals surface area (Å²) < 4.78 is 5.52. The van der Waals surface area contributed by atoms with Gasteiger partial charge in [-0.1, -0.05) is 44.1 Å².